The lowest BCUT2D eigenvalue weighted by molar-refractivity contribution is -0.334. The monoisotopic (exact) mass is 327 g/mol. The third-order valence-corrected chi connectivity index (χ3v) is 4.75. The van der Waals surface area contributed by atoms with E-state index in [1.807, 2.05) is 0 Å². The van der Waals surface area contributed by atoms with Crippen molar-refractivity contribution in [2.24, 2.45) is 11.8 Å². The van der Waals surface area contributed by atoms with Gasteiger partial charge in [-0.2, -0.15) is 0 Å². The second-order valence-electron chi connectivity index (χ2n) is 6.46. The van der Waals surface area contributed by atoms with Crippen molar-refractivity contribution in [2.45, 2.75) is 50.3 Å². The van der Waals surface area contributed by atoms with Crippen LogP contribution >= 0.6 is 0 Å². The molecule has 3 saturated heterocycles. The molecule has 0 bridgehead atoms. The number of rotatable bonds is 2. The first-order valence-corrected chi connectivity index (χ1v) is 7.64. The summed E-state index contributed by atoms with van der Waals surface area (Å²) >= 11 is 0. The van der Waals surface area contributed by atoms with Crippen LogP contribution in [0.3, 0.4) is 0 Å². The van der Waals surface area contributed by atoms with Crippen molar-refractivity contribution in [3.05, 3.63) is 12.3 Å². The fourth-order valence-corrected chi connectivity index (χ4v) is 3.58. The minimum Gasteiger partial charge on any atom is -0.464 e. The van der Waals surface area contributed by atoms with Crippen LogP contribution in [0.5, 0.6) is 0 Å². The molecule has 23 heavy (non-hydrogen) atoms. The van der Waals surface area contributed by atoms with Crippen LogP contribution in [0.1, 0.15) is 26.2 Å². The van der Waals surface area contributed by atoms with Crippen LogP contribution in [0, 0.1) is 11.8 Å². The van der Waals surface area contributed by atoms with E-state index in [1.54, 1.807) is 6.92 Å². The van der Waals surface area contributed by atoms with Gasteiger partial charge in [0, 0.05) is 31.1 Å². The van der Waals surface area contributed by atoms with E-state index in [0.29, 0.717) is 12.2 Å². The van der Waals surface area contributed by atoms with Crippen molar-refractivity contribution < 1.29 is 34.0 Å². The molecule has 0 aromatic rings. The molecule has 3 rings (SSSR count). The van der Waals surface area contributed by atoms with E-state index in [4.69, 9.17) is 14.2 Å². The van der Waals surface area contributed by atoms with Crippen molar-refractivity contribution in [2.75, 3.05) is 6.79 Å². The van der Waals surface area contributed by atoms with E-state index in [9.17, 15) is 19.8 Å². The van der Waals surface area contributed by atoms with E-state index in [0.717, 1.165) is 0 Å². The molecule has 0 radical (unpaired) electrons. The van der Waals surface area contributed by atoms with Crippen LogP contribution < -0.4 is 5.32 Å². The van der Waals surface area contributed by atoms with Crippen molar-refractivity contribution in [1.82, 2.24) is 5.32 Å². The number of carbonyl (C=O) groups excluding carboxylic acids is 2. The number of allylic oxidation sites excluding steroid dienone is 1. The number of hydrogen-bond acceptors (Lipinski definition) is 7. The van der Waals surface area contributed by atoms with Crippen molar-refractivity contribution in [1.29, 1.82) is 0 Å². The van der Waals surface area contributed by atoms with E-state index < -0.39 is 41.8 Å². The molecule has 3 fully saturated rings. The van der Waals surface area contributed by atoms with E-state index in [-0.39, 0.29) is 25.6 Å². The number of amides is 2. The van der Waals surface area contributed by atoms with Gasteiger partial charge >= 0.3 is 0 Å². The minimum atomic E-state index is -1.71. The summed E-state index contributed by atoms with van der Waals surface area (Å²) in [6, 6.07) is 0. The lowest BCUT2D eigenvalue weighted by Crippen LogP contribution is -2.62. The number of carbonyl (C=O) groups is 2. The molecular weight excluding hydrogens is 306 g/mol. The fourth-order valence-electron chi connectivity index (χ4n) is 3.58. The Kier molecular flexibility index (Phi) is 4.18. The molecule has 3 aliphatic heterocycles. The van der Waals surface area contributed by atoms with Gasteiger partial charge in [-0.3, -0.25) is 14.9 Å². The summed E-state index contributed by atoms with van der Waals surface area (Å²) in [6.07, 6.45) is -2.47. The summed E-state index contributed by atoms with van der Waals surface area (Å²) in [7, 11) is 0. The Hall–Kier alpha value is -1.48. The summed E-state index contributed by atoms with van der Waals surface area (Å²) < 4.78 is 16.2. The summed E-state index contributed by atoms with van der Waals surface area (Å²) in [6.45, 7) is 5.31. The second kappa shape index (κ2) is 5.86. The van der Waals surface area contributed by atoms with Crippen LogP contribution in [-0.4, -0.2) is 52.9 Å². The number of aliphatic hydroxyl groups excluding tert-OH is 1. The van der Waals surface area contributed by atoms with E-state index >= 15 is 0 Å². The Morgan fingerprint density at radius 3 is 2.43 bits per heavy atom. The van der Waals surface area contributed by atoms with Crippen LogP contribution in [0.15, 0.2) is 12.3 Å². The van der Waals surface area contributed by atoms with Gasteiger partial charge in [0.15, 0.2) is 6.10 Å². The zero-order valence-electron chi connectivity index (χ0n) is 12.9. The van der Waals surface area contributed by atoms with E-state index in [1.165, 1.54) is 0 Å². The van der Waals surface area contributed by atoms with Crippen LogP contribution in [0.4, 0.5) is 0 Å². The summed E-state index contributed by atoms with van der Waals surface area (Å²) in [5.41, 5.74) is 0. The van der Waals surface area contributed by atoms with E-state index in [2.05, 4.69) is 11.9 Å². The highest BCUT2D eigenvalue weighted by Crippen LogP contribution is 2.42. The number of aliphatic hydroxyl groups is 2. The molecule has 128 valence electrons. The molecule has 3 aliphatic rings. The van der Waals surface area contributed by atoms with Gasteiger partial charge in [0.2, 0.25) is 17.6 Å². The molecule has 3 heterocycles. The quantitative estimate of drug-likeness (QED) is 0.580. The number of imide groups is 1. The van der Waals surface area contributed by atoms with Gasteiger partial charge in [0.05, 0.1) is 11.9 Å². The standard InChI is InChI=1S/C15H21NO7/c1-7-3-8(2)23-15(7,20)14-12(19)13(21-6-22-14)9-4-10(17)16-11(18)5-9/h7,9,12-14,19-20H,2-6H2,1H3,(H,16,17,18)/t7-,12-,13+,14+,15-/m0/s1. The largest absolute Gasteiger partial charge is 0.464 e. The lowest BCUT2D eigenvalue weighted by Gasteiger charge is -2.44. The van der Waals surface area contributed by atoms with Crippen LogP contribution in [0.2, 0.25) is 0 Å². The Balaban J connectivity index is 1.78. The highest BCUT2D eigenvalue weighted by atomic mass is 16.7. The molecule has 8 nitrogen and oxygen atoms in total. The predicted octanol–water partition coefficient (Wildman–Crippen LogP) is -0.600. The van der Waals surface area contributed by atoms with Crippen LogP contribution in [0.25, 0.3) is 0 Å². The van der Waals surface area contributed by atoms with Gasteiger partial charge < -0.3 is 24.4 Å². The van der Waals surface area contributed by atoms with Crippen molar-refractivity contribution >= 4 is 11.8 Å². The third kappa shape index (κ3) is 2.87. The summed E-state index contributed by atoms with van der Waals surface area (Å²) in [4.78, 5) is 23.1. The molecule has 8 heteroatoms. The average Bonchev–Trinajstić information content (AvgIpc) is 2.71. The molecule has 0 aromatic carbocycles. The molecule has 0 unspecified atom stereocenters. The Labute approximate surface area is 133 Å². The molecule has 3 N–H and O–H groups in total. The number of hydrogen-bond donors (Lipinski definition) is 3. The minimum absolute atomic E-state index is 0.0712. The lowest BCUT2D eigenvalue weighted by atomic mass is 9.82. The molecule has 0 spiro atoms. The average molecular weight is 327 g/mol. The molecule has 2 amide bonds. The van der Waals surface area contributed by atoms with Gasteiger partial charge in [-0.05, 0) is 0 Å². The van der Waals surface area contributed by atoms with Gasteiger partial charge in [-0.1, -0.05) is 13.5 Å². The number of ether oxygens (including phenoxy) is 3. The Bertz CT molecular complexity index is 520. The highest BCUT2D eigenvalue weighted by molar-refractivity contribution is 5.97. The second-order valence-corrected chi connectivity index (χ2v) is 6.46. The van der Waals surface area contributed by atoms with Gasteiger partial charge in [-0.15, -0.1) is 0 Å². The summed E-state index contributed by atoms with van der Waals surface area (Å²) in [5.74, 6) is -2.87. The third-order valence-electron chi connectivity index (χ3n) is 4.75. The van der Waals surface area contributed by atoms with Gasteiger partial charge in [0.1, 0.15) is 12.9 Å². The summed E-state index contributed by atoms with van der Waals surface area (Å²) in [5, 5.41) is 23.6. The Morgan fingerprint density at radius 1 is 1.22 bits per heavy atom. The Morgan fingerprint density at radius 2 is 1.87 bits per heavy atom. The maximum atomic E-state index is 11.5. The topological polar surface area (TPSA) is 114 Å². The first-order chi connectivity index (χ1) is 10.8. The number of piperidine rings is 1. The molecule has 0 saturated carbocycles. The predicted molar refractivity (Wildman–Crippen MR) is 75.4 cm³/mol. The van der Waals surface area contributed by atoms with Gasteiger partial charge in [-0.25, -0.2) is 0 Å². The smallest absolute Gasteiger partial charge is 0.239 e. The zero-order chi connectivity index (χ0) is 16.8. The SMILES string of the molecule is C=C1C[C@H](C)[C@@](O)([C@@H]2OCO[C@H](C3CC(=O)NC(=O)C3)[C@@H]2O)O1. The van der Waals surface area contributed by atoms with Crippen molar-refractivity contribution in [3.63, 3.8) is 0 Å². The van der Waals surface area contributed by atoms with Crippen molar-refractivity contribution in [3.8, 4) is 0 Å². The van der Waals surface area contributed by atoms with Gasteiger partial charge in [0.25, 0.3) is 0 Å². The molecule has 5 atom stereocenters. The molecule has 0 aliphatic carbocycles. The number of nitrogens with one attached hydrogen (secondary N) is 1. The molecule has 0 aromatic heterocycles. The fraction of sp³-hybridized carbons (Fsp3) is 0.733. The maximum Gasteiger partial charge on any atom is 0.239 e. The first-order valence-electron chi connectivity index (χ1n) is 7.64. The highest BCUT2D eigenvalue weighted by Gasteiger charge is 2.57. The zero-order valence-corrected chi connectivity index (χ0v) is 12.9. The maximum absolute atomic E-state index is 11.5. The first kappa shape index (κ1) is 16.4. The van der Waals surface area contributed by atoms with Crippen LogP contribution in [-0.2, 0) is 23.8 Å². The normalized spacial score (nSPS) is 42.5. The molecular formula is C15H21NO7.